The highest BCUT2D eigenvalue weighted by Crippen LogP contribution is 2.41. The average Bonchev–Trinajstić information content (AvgIpc) is 2.40. The van der Waals surface area contributed by atoms with Crippen LogP contribution in [0.1, 0.15) is 71.1 Å². The maximum atomic E-state index is 5.57. The van der Waals surface area contributed by atoms with E-state index < -0.39 is 0 Å². The number of hydrogen-bond donors (Lipinski definition) is 0. The molecule has 2 atom stereocenters. The molecule has 0 bridgehead atoms. The van der Waals surface area contributed by atoms with Gasteiger partial charge in [0.1, 0.15) is 0 Å². The first-order chi connectivity index (χ1) is 8.33. The molecule has 0 aromatic carbocycles. The zero-order valence-corrected chi connectivity index (χ0v) is 11.8. The lowest BCUT2D eigenvalue weighted by atomic mass is 9.70. The lowest BCUT2D eigenvalue weighted by molar-refractivity contribution is 0.0283. The zero-order chi connectivity index (χ0) is 12.1. The predicted molar refractivity (Wildman–Crippen MR) is 73.1 cm³/mol. The van der Waals surface area contributed by atoms with Gasteiger partial charge in [-0.1, -0.05) is 39.0 Å². The van der Waals surface area contributed by atoms with E-state index in [0.717, 1.165) is 17.8 Å². The Hall–Kier alpha value is -0.0400. The molecule has 17 heavy (non-hydrogen) atoms. The fraction of sp³-hybridized carbons (Fsp3) is 1.00. The van der Waals surface area contributed by atoms with E-state index in [9.17, 15) is 0 Å². The Morgan fingerprint density at radius 2 is 1.71 bits per heavy atom. The Labute approximate surface area is 107 Å². The van der Waals surface area contributed by atoms with Gasteiger partial charge >= 0.3 is 0 Å². The van der Waals surface area contributed by atoms with Crippen LogP contribution in [0.5, 0.6) is 0 Å². The number of hydrogen-bond acceptors (Lipinski definition) is 1. The highest BCUT2D eigenvalue weighted by Gasteiger charge is 2.31. The lowest BCUT2D eigenvalue weighted by Gasteiger charge is -2.38. The maximum Gasteiger partial charge on any atom is 0.0574 e. The fourth-order valence-electron chi connectivity index (χ4n) is 4.18. The van der Waals surface area contributed by atoms with E-state index in [2.05, 4.69) is 6.92 Å². The summed E-state index contributed by atoms with van der Waals surface area (Å²) < 4.78 is 5.57. The van der Waals surface area contributed by atoms with Gasteiger partial charge in [0.15, 0.2) is 0 Å². The number of ether oxygens (including phenoxy) is 1. The van der Waals surface area contributed by atoms with Crippen molar-refractivity contribution < 1.29 is 4.74 Å². The maximum absolute atomic E-state index is 5.57. The highest BCUT2D eigenvalue weighted by molar-refractivity contribution is 4.82. The topological polar surface area (TPSA) is 9.23 Å². The molecule has 2 aliphatic carbocycles. The molecule has 0 N–H and O–H groups in total. The van der Waals surface area contributed by atoms with Crippen LogP contribution < -0.4 is 0 Å². The molecule has 1 heteroatoms. The second-order valence-corrected chi connectivity index (χ2v) is 6.35. The van der Waals surface area contributed by atoms with Gasteiger partial charge in [0.25, 0.3) is 0 Å². The molecule has 2 saturated carbocycles. The third-order valence-corrected chi connectivity index (χ3v) is 5.25. The lowest BCUT2D eigenvalue weighted by Crippen LogP contribution is -2.29. The molecular formula is C16H30O. The number of rotatable bonds is 4. The van der Waals surface area contributed by atoms with Gasteiger partial charge in [-0.15, -0.1) is 0 Å². The minimum absolute atomic E-state index is 0.571. The Morgan fingerprint density at radius 1 is 0.941 bits per heavy atom. The van der Waals surface area contributed by atoms with Crippen LogP contribution >= 0.6 is 0 Å². The Balaban J connectivity index is 1.76. The summed E-state index contributed by atoms with van der Waals surface area (Å²) in [6.07, 6.45) is 15.0. The predicted octanol–water partition coefficient (Wildman–Crippen LogP) is 4.80. The van der Waals surface area contributed by atoms with Crippen molar-refractivity contribution in [1.82, 2.24) is 0 Å². The van der Waals surface area contributed by atoms with Crippen LogP contribution in [0, 0.1) is 17.8 Å². The van der Waals surface area contributed by atoms with Crippen LogP contribution in [0.2, 0.25) is 0 Å². The molecule has 2 aliphatic rings. The van der Waals surface area contributed by atoms with Crippen molar-refractivity contribution in [3.8, 4) is 0 Å². The first kappa shape index (κ1) is 13.4. The molecule has 0 aromatic rings. The summed E-state index contributed by atoms with van der Waals surface area (Å²) in [4.78, 5) is 0. The summed E-state index contributed by atoms with van der Waals surface area (Å²) in [5.74, 6) is 3.07. The SMILES string of the molecule is CCCC1CCC(C2CCCC(OC)C2)CC1. The standard InChI is InChI=1S/C16H30O/c1-3-5-13-8-10-14(11-9-13)15-6-4-7-16(12-15)17-2/h13-16H,3-12H2,1-2H3. The van der Waals surface area contributed by atoms with Gasteiger partial charge in [-0.05, 0) is 49.9 Å². The molecule has 1 nitrogen and oxygen atoms in total. The molecule has 0 saturated heterocycles. The van der Waals surface area contributed by atoms with E-state index in [4.69, 9.17) is 4.74 Å². The minimum atomic E-state index is 0.571. The van der Waals surface area contributed by atoms with Gasteiger partial charge < -0.3 is 4.74 Å². The normalized spacial score (nSPS) is 39.2. The summed E-state index contributed by atoms with van der Waals surface area (Å²) in [5, 5.41) is 0. The van der Waals surface area contributed by atoms with Crippen molar-refractivity contribution in [3.05, 3.63) is 0 Å². The van der Waals surface area contributed by atoms with Crippen molar-refractivity contribution in [1.29, 1.82) is 0 Å². The average molecular weight is 238 g/mol. The zero-order valence-electron chi connectivity index (χ0n) is 11.8. The molecule has 100 valence electrons. The smallest absolute Gasteiger partial charge is 0.0574 e. The van der Waals surface area contributed by atoms with Gasteiger partial charge in [-0.25, -0.2) is 0 Å². The van der Waals surface area contributed by atoms with Crippen LogP contribution in [0.3, 0.4) is 0 Å². The van der Waals surface area contributed by atoms with Crippen molar-refractivity contribution in [2.24, 2.45) is 17.8 Å². The van der Waals surface area contributed by atoms with Crippen LogP contribution in [0.4, 0.5) is 0 Å². The van der Waals surface area contributed by atoms with Gasteiger partial charge in [-0.3, -0.25) is 0 Å². The van der Waals surface area contributed by atoms with E-state index in [0.29, 0.717) is 6.10 Å². The van der Waals surface area contributed by atoms with Crippen LogP contribution in [0.15, 0.2) is 0 Å². The summed E-state index contributed by atoms with van der Waals surface area (Å²) in [6.45, 7) is 2.33. The Kier molecular flexibility index (Phi) is 5.34. The molecule has 2 unspecified atom stereocenters. The summed E-state index contributed by atoms with van der Waals surface area (Å²) in [7, 11) is 1.89. The molecule has 0 aliphatic heterocycles. The number of methoxy groups -OCH3 is 1. The van der Waals surface area contributed by atoms with Gasteiger partial charge in [-0.2, -0.15) is 0 Å². The van der Waals surface area contributed by atoms with Gasteiger partial charge in [0, 0.05) is 7.11 Å². The molecule has 0 heterocycles. The third-order valence-electron chi connectivity index (χ3n) is 5.25. The van der Waals surface area contributed by atoms with E-state index in [1.54, 1.807) is 0 Å². The van der Waals surface area contributed by atoms with Crippen LogP contribution in [-0.4, -0.2) is 13.2 Å². The third kappa shape index (κ3) is 3.71. The molecule has 0 amide bonds. The van der Waals surface area contributed by atoms with Crippen molar-refractivity contribution >= 4 is 0 Å². The minimum Gasteiger partial charge on any atom is -0.381 e. The van der Waals surface area contributed by atoms with Crippen molar-refractivity contribution in [3.63, 3.8) is 0 Å². The van der Waals surface area contributed by atoms with E-state index in [-0.39, 0.29) is 0 Å². The quantitative estimate of drug-likeness (QED) is 0.683. The van der Waals surface area contributed by atoms with E-state index in [1.165, 1.54) is 64.2 Å². The molecule has 0 spiro atoms. The highest BCUT2D eigenvalue weighted by atomic mass is 16.5. The van der Waals surface area contributed by atoms with Crippen LogP contribution in [0.25, 0.3) is 0 Å². The van der Waals surface area contributed by atoms with Gasteiger partial charge in [0.2, 0.25) is 0 Å². The van der Waals surface area contributed by atoms with E-state index in [1.807, 2.05) is 7.11 Å². The second-order valence-electron chi connectivity index (χ2n) is 6.35. The van der Waals surface area contributed by atoms with Crippen molar-refractivity contribution in [2.75, 3.05) is 7.11 Å². The van der Waals surface area contributed by atoms with E-state index >= 15 is 0 Å². The Morgan fingerprint density at radius 3 is 2.35 bits per heavy atom. The molecule has 2 fully saturated rings. The summed E-state index contributed by atoms with van der Waals surface area (Å²) >= 11 is 0. The molecule has 0 aromatic heterocycles. The van der Waals surface area contributed by atoms with Gasteiger partial charge in [0.05, 0.1) is 6.10 Å². The van der Waals surface area contributed by atoms with Crippen molar-refractivity contribution in [2.45, 2.75) is 77.2 Å². The fourth-order valence-corrected chi connectivity index (χ4v) is 4.18. The van der Waals surface area contributed by atoms with Crippen LogP contribution in [-0.2, 0) is 4.74 Å². The largest absolute Gasteiger partial charge is 0.381 e. The molecule has 2 rings (SSSR count). The first-order valence-electron chi connectivity index (χ1n) is 7.86. The monoisotopic (exact) mass is 238 g/mol. The Bertz CT molecular complexity index is 206. The summed E-state index contributed by atoms with van der Waals surface area (Å²) in [6, 6.07) is 0. The first-order valence-corrected chi connectivity index (χ1v) is 7.86. The summed E-state index contributed by atoms with van der Waals surface area (Å²) in [5.41, 5.74) is 0. The second kappa shape index (κ2) is 6.78. The molecular weight excluding hydrogens is 208 g/mol. The molecule has 0 radical (unpaired) electrons.